The molecule has 0 spiro atoms. The third-order valence-electron chi connectivity index (χ3n) is 1.80. The van der Waals surface area contributed by atoms with Crippen LogP contribution in [0.5, 0.6) is 0 Å². The molecule has 1 aromatic rings. The minimum Gasteiger partial charge on any atom is -0.324 e. The lowest BCUT2D eigenvalue weighted by Crippen LogP contribution is -2.25. The summed E-state index contributed by atoms with van der Waals surface area (Å²) in [6.07, 6.45) is 0. The second kappa shape index (κ2) is 3.43. The van der Waals surface area contributed by atoms with Gasteiger partial charge in [-0.25, -0.2) is 4.39 Å². The van der Waals surface area contributed by atoms with Gasteiger partial charge in [0.1, 0.15) is 11.6 Å². The minimum atomic E-state index is -1.44. The van der Waals surface area contributed by atoms with E-state index in [2.05, 4.69) is 21.2 Å². The summed E-state index contributed by atoms with van der Waals surface area (Å²) in [7, 11) is -1.44. The molecule has 6 heteroatoms. The first-order chi connectivity index (χ1) is 6.58. The van der Waals surface area contributed by atoms with Crippen LogP contribution in [0.1, 0.15) is 0 Å². The van der Waals surface area contributed by atoms with Crippen LogP contribution < -0.4 is 5.32 Å². The molecule has 1 N–H and O–H groups in total. The Kier molecular flexibility index (Phi) is 2.40. The number of hydrogen-bond acceptors (Lipinski definition) is 2. The van der Waals surface area contributed by atoms with Crippen molar-refractivity contribution in [3.63, 3.8) is 0 Å². The maximum Gasteiger partial charge on any atom is 0.237 e. The van der Waals surface area contributed by atoms with Crippen molar-refractivity contribution in [2.45, 2.75) is 4.90 Å². The van der Waals surface area contributed by atoms with E-state index < -0.39 is 16.6 Å². The van der Waals surface area contributed by atoms with Crippen molar-refractivity contribution < 1.29 is 13.4 Å². The zero-order chi connectivity index (χ0) is 10.3. The highest BCUT2D eigenvalue weighted by molar-refractivity contribution is 9.10. The van der Waals surface area contributed by atoms with Gasteiger partial charge in [0.05, 0.1) is 25.9 Å². The Morgan fingerprint density at radius 3 is 2.93 bits per heavy atom. The van der Waals surface area contributed by atoms with Crippen molar-refractivity contribution in [3.05, 3.63) is 22.4 Å². The lowest BCUT2D eigenvalue weighted by atomic mass is 10.3. The zero-order valence-corrected chi connectivity index (χ0v) is 9.24. The van der Waals surface area contributed by atoms with Gasteiger partial charge in [-0.1, -0.05) is 0 Å². The Balaban J connectivity index is 2.60. The molecule has 0 bridgehead atoms. The Labute approximate surface area is 90.3 Å². The summed E-state index contributed by atoms with van der Waals surface area (Å²) < 4.78 is 24.8. The van der Waals surface area contributed by atoms with Crippen molar-refractivity contribution in [2.24, 2.45) is 0 Å². The van der Waals surface area contributed by atoms with E-state index in [4.69, 9.17) is 0 Å². The first-order valence-corrected chi connectivity index (χ1v) is 5.86. The molecule has 0 aliphatic carbocycles. The standard InChI is InChI=1S/C8H5BrFNO2S/c9-4-1-6-7(2-5(4)10)14(13)3-8(12)11-6/h1-2H,3H2,(H,11,12). The van der Waals surface area contributed by atoms with Crippen molar-refractivity contribution in [1.82, 2.24) is 0 Å². The van der Waals surface area contributed by atoms with Gasteiger partial charge in [0.25, 0.3) is 0 Å². The van der Waals surface area contributed by atoms with Gasteiger partial charge in [0.2, 0.25) is 5.91 Å². The fourth-order valence-corrected chi connectivity index (χ4v) is 2.60. The van der Waals surface area contributed by atoms with E-state index in [1.165, 1.54) is 12.1 Å². The van der Waals surface area contributed by atoms with E-state index in [1.807, 2.05) is 0 Å². The number of halogens is 2. The van der Waals surface area contributed by atoms with Gasteiger partial charge < -0.3 is 5.32 Å². The smallest absolute Gasteiger partial charge is 0.237 e. The molecule has 0 radical (unpaired) electrons. The molecule has 2 rings (SSSR count). The fraction of sp³-hybridized carbons (Fsp3) is 0.125. The average molecular weight is 278 g/mol. The number of carbonyl (C=O) groups is 1. The van der Waals surface area contributed by atoms with Gasteiger partial charge >= 0.3 is 0 Å². The summed E-state index contributed by atoms with van der Waals surface area (Å²) in [5.41, 5.74) is 0.410. The summed E-state index contributed by atoms with van der Waals surface area (Å²) in [5.74, 6) is -0.892. The topological polar surface area (TPSA) is 46.2 Å². The maximum atomic E-state index is 13.1. The number of rotatable bonds is 0. The van der Waals surface area contributed by atoms with Crippen LogP contribution in [0.3, 0.4) is 0 Å². The first kappa shape index (κ1) is 9.79. The number of fused-ring (bicyclic) bond motifs is 1. The molecule has 1 amide bonds. The molecule has 1 atom stereocenters. The number of benzene rings is 1. The normalized spacial score (nSPS) is 20.1. The Hall–Kier alpha value is -0.750. The maximum absolute atomic E-state index is 13.1. The quantitative estimate of drug-likeness (QED) is 0.784. The zero-order valence-electron chi connectivity index (χ0n) is 6.84. The van der Waals surface area contributed by atoms with Gasteiger partial charge in [-0.2, -0.15) is 0 Å². The van der Waals surface area contributed by atoms with Crippen LogP contribution in [0.2, 0.25) is 0 Å². The second-order valence-electron chi connectivity index (χ2n) is 2.80. The van der Waals surface area contributed by atoms with E-state index >= 15 is 0 Å². The van der Waals surface area contributed by atoms with E-state index in [1.54, 1.807) is 0 Å². The lowest BCUT2D eigenvalue weighted by Gasteiger charge is -2.16. The minimum absolute atomic E-state index is 0.103. The molecule has 1 aromatic carbocycles. The van der Waals surface area contributed by atoms with Crippen LogP contribution in [0.15, 0.2) is 21.5 Å². The number of amides is 1. The molecule has 1 aliphatic heterocycles. The number of anilines is 1. The van der Waals surface area contributed by atoms with Crippen molar-refractivity contribution in [2.75, 3.05) is 11.1 Å². The second-order valence-corrected chi connectivity index (χ2v) is 5.07. The van der Waals surface area contributed by atoms with Gasteiger partial charge in [-0.3, -0.25) is 9.00 Å². The van der Waals surface area contributed by atoms with Gasteiger partial charge in [0.15, 0.2) is 0 Å². The molecular formula is C8H5BrFNO2S. The Morgan fingerprint density at radius 2 is 2.21 bits per heavy atom. The molecule has 1 aliphatic rings. The van der Waals surface area contributed by atoms with Crippen molar-refractivity contribution in [3.8, 4) is 0 Å². The number of hydrogen-bond donors (Lipinski definition) is 1. The van der Waals surface area contributed by atoms with Crippen LogP contribution in [-0.2, 0) is 15.6 Å². The van der Waals surface area contributed by atoms with Gasteiger partial charge in [-0.05, 0) is 28.1 Å². The Bertz CT molecular complexity index is 449. The van der Waals surface area contributed by atoms with E-state index in [9.17, 15) is 13.4 Å². The fourth-order valence-electron chi connectivity index (χ4n) is 1.20. The number of nitrogens with one attached hydrogen (secondary N) is 1. The highest BCUT2D eigenvalue weighted by Crippen LogP contribution is 2.29. The third kappa shape index (κ3) is 1.59. The van der Waals surface area contributed by atoms with Gasteiger partial charge in [-0.15, -0.1) is 0 Å². The molecule has 0 saturated heterocycles. The monoisotopic (exact) mass is 277 g/mol. The number of carbonyl (C=O) groups excluding carboxylic acids is 1. The highest BCUT2D eigenvalue weighted by atomic mass is 79.9. The largest absolute Gasteiger partial charge is 0.324 e. The van der Waals surface area contributed by atoms with E-state index in [-0.39, 0.29) is 16.1 Å². The molecule has 1 heterocycles. The summed E-state index contributed by atoms with van der Waals surface area (Å²) in [6, 6.07) is 2.59. The van der Waals surface area contributed by atoms with Gasteiger partial charge in [0, 0.05) is 0 Å². The molecule has 3 nitrogen and oxygen atoms in total. The van der Waals surface area contributed by atoms with Crippen LogP contribution in [-0.4, -0.2) is 15.9 Å². The summed E-state index contributed by atoms with van der Waals surface area (Å²) in [6.45, 7) is 0. The van der Waals surface area contributed by atoms with Crippen molar-refractivity contribution >= 4 is 38.3 Å². The van der Waals surface area contributed by atoms with Crippen LogP contribution in [0, 0.1) is 5.82 Å². The van der Waals surface area contributed by atoms with E-state index in [0.29, 0.717) is 10.6 Å². The predicted molar refractivity (Wildman–Crippen MR) is 54.0 cm³/mol. The average Bonchev–Trinajstić information content (AvgIpc) is 2.08. The molecule has 1 unspecified atom stereocenters. The lowest BCUT2D eigenvalue weighted by molar-refractivity contribution is -0.113. The molecule has 0 aromatic heterocycles. The molecule has 74 valence electrons. The van der Waals surface area contributed by atoms with Crippen LogP contribution >= 0.6 is 15.9 Å². The molecule has 0 fully saturated rings. The summed E-state index contributed by atoms with van der Waals surface area (Å²) >= 11 is 2.99. The third-order valence-corrected chi connectivity index (χ3v) is 3.76. The molecule has 14 heavy (non-hydrogen) atoms. The van der Waals surface area contributed by atoms with Crippen LogP contribution in [0.4, 0.5) is 10.1 Å². The SMILES string of the molecule is O=C1CS(=O)c2cc(F)c(Br)cc2N1. The summed E-state index contributed by atoms with van der Waals surface area (Å²) in [4.78, 5) is 11.4. The van der Waals surface area contributed by atoms with Crippen LogP contribution in [0.25, 0.3) is 0 Å². The predicted octanol–water partition coefficient (Wildman–Crippen LogP) is 1.65. The Morgan fingerprint density at radius 1 is 1.50 bits per heavy atom. The molecular weight excluding hydrogens is 273 g/mol. The highest BCUT2D eigenvalue weighted by Gasteiger charge is 2.22. The van der Waals surface area contributed by atoms with Crippen molar-refractivity contribution in [1.29, 1.82) is 0 Å². The molecule has 0 saturated carbocycles. The first-order valence-electron chi connectivity index (χ1n) is 3.75. The summed E-state index contributed by atoms with van der Waals surface area (Å²) in [5, 5.41) is 2.53. The van der Waals surface area contributed by atoms with E-state index in [0.717, 1.165) is 0 Å².